The third-order valence-corrected chi connectivity index (χ3v) is 8.34. The Hall–Kier alpha value is -4.09. The fraction of sp³-hybridized carbons (Fsp3) is 0.484. The Bertz CT molecular complexity index is 1460. The number of carbonyl (C=O) groups is 2. The van der Waals surface area contributed by atoms with Crippen LogP contribution in [0.3, 0.4) is 0 Å². The zero-order valence-corrected chi connectivity index (χ0v) is 24.7. The van der Waals surface area contributed by atoms with E-state index in [1.54, 1.807) is 30.3 Å². The van der Waals surface area contributed by atoms with Gasteiger partial charge >= 0.3 is 12.3 Å². The Morgan fingerprint density at radius 2 is 1.81 bits per heavy atom. The number of aromatic nitrogens is 2. The van der Waals surface area contributed by atoms with Gasteiger partial charge in [0.25, 0.3) is 5.91 Å². The van der Waals surface area contributed by atoms with Crippen LogP contribution >= 0.6 is 0 Å². The summed E-state index contributed by atoms with van der Waals surface area (Å²) in [6, 6.07) is 6.46. The lowest BCUT2D eigenvalue weighted by molar-refractivity contribution is -0.118. The van der Waals surface area contributed by atoms with Gasteiger partial charge in [0.05, 0.1) is 6.04 Å². The second kappa shape index (κ2) is 11.5. The van der Waals surface area contributed by atoms with E-state index in [0.29, 0.717) is 24.0 Å². The average molecular weight is 600 g/mol. The second-order valence-corrected chi connectivity index (χ2v) is 12.2. The number of carbonyl (C=O) groups excluding carboxylic acids is 1. The van der Waals surface area contributed by atoms with Gasteiger partial charge in [-0.2, -0.15) is 13.2 Å². The van der Waals surface area contributed by atoms with E-state index in [0.717, 1.165) is 54.1 Å². The maximum absolute atomic E-state index is 14.2. The number of anilines is 1. The van der Waals surface area contributed by atoms with E-state index in [4.69, 9.17) is 10.1 Å². The highest BCUT2D eigenvalue weighted by Crippen LogP contribution is 2.44. The molecule has 1 amide bonds. The topological polar surface area (TPSA) is 99.1 Å². The van der Waals surface area contributed by atoms with E-state index >= 15 is 0 Å². The molecule has 9 nitrogen and oxygen atoms in total. The van der Waals surface area contributed by atoms with Gasteiger partial charge in [-0.05, 0) is 61.1 Å². The van der Waals surface area contributed by atoms with E-state index in [1.165, 1.54) is 6.08 Å². The van der Waals surface area contributed by atoms with E-state index in [-0.39, 0.29) is 23.9 Å². The highest BCUT2D eigenvalue weighted by atomic mass is 19.4. The number of piperidine rings is 1. The summed E-state index contributed by atoms with van der Waals surface area (Å²) in [7, 11) is 1.77. The highest BCUT2D eigenvalue weighted by molar-refractivity contribution is 5.94. The molecule has 0 spiro atoms. The predicted octanol–water partition coefficient (Wildman–Crippen LogP) is 5.84. The molecular weight excluding hydrogens is 563 g/mol. The minimum atomic E-state index is -4.83. The molecule has 1 aromatic carbocycles. The van der Waals surface area contributed by atoms with Crippen molar-refractivity contribution in [2.75, 3.05) is 31.6 Å². The largest absolute Gasteiger partial charge is 0.511 e. The standard InChI is InChI=1S/C31H36F3N5O4/c1-30(2,3)28-35-14-11-25(36-28)38-16-12-21(13-17-38)37(4)27(40)20-8-7-19-9-10-23(22(19)18-20)39-15-5-6-24(43-29(41)42)26(39)31(32,33)34/h5-8,11,14,18,21,23H,9-10,12-13,15-17H2,1-4H3,(H,41,42). The average Bonchev–Trinajstić information content (AvgIpc) is 3.38. The first kappa shape index (κ1) is 30.4. The van der Waals surface area contributed by atoms with Crippen molar-refractivity contribution in [2.24, 2.45) is 0 Å². The molecule has 3 aliphatic rings. The fourth-order valence-corrected chi connectivity index (χ4v) is 6.12. The predicted molar refractivity (Wildman–Crippen MR) is 154 cm³/mol. The lowest BCUT2D eigenvalue weighted by Crippen LogP contribution is -2.46. The maximum atomic E-state index is 14.2. The summed E-state index contributed by atoms with van der Waals surface area (Å²) in [5, 5.41) is 9.00. The van der Waals surface area contributed by atoms with Crippen molar-refractivity contribution in [3.05, 3.63) is 76.6 Å². The van der Waals surface area contributed by atoms with Crippen molar-refractivity contribution >= 4 is 17.9 Å². The number of allylic oxidation sites excluding steroid dienone is 2. The third-order valence-electron chi connectivity index (χ3n) is 8.34. The second-order valence-electron chi connectivity index (χ2n) is 12.2. The summed E-state index contributed by atoms with van der Waals surface area (Å²) >= 11 is 0. The molecule has 2 aromatic rings. The van der Waals surface area contributed by atoms with E-state index in [2.05, 4.69) is 35.4 Å². The van der Waals surface area contributed by atoms with Gasteiger partial charge in [0.1, 0.15) is 11.6 Å². The number of benzene rings is 1. The van der Waals surface area contributed by atoms with Crippen molar-refractivity contribution in [1.82, 2.24) is 19.8 Å². The molecule has 2 aliphatic heterocycles. The number of hydrogen-bond acceptors (Lipinski definition) is 7. The highest BCUT2D eigenvalue weighted by Gasteiger charge is 2.46. The first-order valence-corrected chi connectivity index (χ1v) is 14.4. The van der Waals surface area contributed by atoms with Gasteiger partial charge in [-0.3, -0.25) is 4.79 Å². The molecule has 1 saturated heterocycles. The molecule has 1 aliphatic carbocycles. The molecule has 0 bridgehead atoms. The van der Waals surface area contributed by atoms with Gasteiger partial charge in [-0.25, -0.2) is 14.8 Å². The molecule has 5 rings (SSSR count). The summed E-state index contributed by atoms with van der Waals surface area (Å²) < 4.78 is 47.0. The van der Waals surface area contributed by atoms with Gasteiger partial charge in [0.15, 0.2) is 11.5 Å². The number of alkyl halides is 3. The van der Waals surface area contributed by atoms with E-state index in [1.807, 2.05) is 12.1 Å². The van der Waals surface area contributed by atoms with Crippen LogP contribution in [0.1, 0.15) is 73.4 Å². The monoisotopic (exact) mass is 599 g/mol. The van der Waals surface area contributed by atoms with Gasteiger partial charge in [0.2, 0.25) is 0 Å². The number of carboxylic acid groups (broad SMARTS) is 1. The fourth-order valence-electron chi connectivity index (χ4n) is 6.12. The number of rotatable bonds is 5. The van der Waals surface area contributed by atoms with Gasteiger partial charge in [0, 0.05) is 49.9 Å². The minimum Gasteiger partial charge on any atom is -0.449 e. The maximum Gasteiger partial charge on any atom is 0.511 e. The van der Waals surface area contributed by atoms with Crippen molar-refractivity contribution < 1.29 is 32.6 Å². The van der Waals surface area contributed by atoms with Crippen LogP contribution in [0, 0.1) is 0 Å². The molecule has 1 N–H and O–H groups in total. The number of aryl methyl sites for hydroxylation is 1. The molecule has 43 heavy (non-hydrogen) atoms. The number of hydrogen-bond donors (Lipinski definition) is 1. The minimum absolute atomic E-state index is 0.000511. The number of amides is 1. The Morgan fingerprint density at radius 1 is 1.09 bits per heavy atom. The van der Waals surface area contributed by atoms with Crippen LogP contribution in [0.2, 0.25) is 0 Å². The Kier molecular flexibility index (Phi) is 8.15. The summed E-state index contributed by atoms with van der Waals surface area (Å²) in [4.78, 5) is 38.9. The summed E-state index contributed by atoms with van der Waals surface area (Å²) in [6.45, 7) is 7.60. The van der Waals surface area contributed by atoms with Crippen LogP contribution < -0.4 is 4.90 Å². The van der Waals surface area contributed by atoms with Crippen LogP contribution in [-0.2, 0) is 16.6 Å². The first-order valence-electron chi connectivity index (χ1n) is 14.4. The lowest BCUT2D eigenvalue weighted by Gasteiger charge is -2.38. The molecule has 1 unspecified atom stereocenters. The van der Waals surface area contributed by atoms with Crippen molar-refractivity contribution in [1.29, 1.82) is 0 Å². The quantitative estimate of drug-likeness (QED) is 0.428. The zero-order chi connectivity index (χ0) is 31.1. The lowest BCUT2D eigenvalue weighted by atomic mass is 9.96. The van der Waals surface area contributed by atoms with Crippen molar-refractivity contribution in [3.8, 4) is 0 Å². The van der Waals surface area contributed by atoms with Crippen molar-refractivity contribution in [3.63, 3.8) is 0 Å². The van der Waals surface area contributed by atoms with Crippen molar-refractivity contribution in [2.45, 2.75) is 70.1 Å². The van der Waals surface area contributed by atoms with Crippen LogP contribution in [-0.4, -0.2) is 75.8 Å². The van der Waals surface area contributed by atoms with E-state index < -0.39 is 29.8 Å². The molecular formula is C31H36F3N5O4. The first-order chi connectivity index (χ1) is 20.2. The smallest absolute Gasteiger partial charge is 0.449 e. The molecule has 3 heterocycles. The summed E-state index contributed by atoms with van der Waals surface area (Å²) in [5.74, 6) is 0.700. The normalized spacial score (nSPS) is 19.5. The van der Waals surface area contributed by atoms with Crippen LogP contribution in [0.25, 0.3) is 0 Å². The number of nitrogens with zero attached hydrogens (tertiary/aromatic N) is 5. The van der Waals surface area contributed by atoms with Crippen LogP contribution in [0.15, 0.2) is 54.1 Å². The molecule has 0 saturated carbocycles. The van der Waals surface area contributed by atoms with Crippen LogP contribution in [0.4, 0.5) is 23.8 Å². The van der Waals surface area contributed by atoms with E-state index in [9.17, 15) is 22.8 Å². The molecule has 12 heteroatoms. The molecule has 1 aromatic heterocycles. The molecule has 230 valence electrons. The Balaban J connectivity index is 1.31. The number of fused-ring (bicyclic) bond motifs is 1. The zero-order valence-electron chi connectivity index (χ0n) is 24.7. The van der Waals surface area contributed by atoms with Gasteiger partial charge < -0.3 is 24.5 Å². The number of halogens is 3. The molecule has 1 fully saturated rings. The SMILES string of the molecule is CN(C(=O)c1ccc2c(c1)C(N1CC=CC(OC(=O)O)=C1C(F)(F)F)CC2)C1CCN(c2ccnc(C(C)(C)C)n2)CC1. The third kappa shape index (κ3) is 6.33. The van der Waals surface area contributed by atoms with Gasteiger partial charge in [-0.1, -0.05) is 32.9 Å². The van der Waals surface area contributed by atoms with Gasteiger partial charge in [-0.15, -0.1) is 0 Å². The molecule has 0 radical (unpaired) electrons. The number of ether oxygens (including phenoxy) is 1. The van der Waals surface area contributed by atoms with Crippen LogP contribution in [0.5, 0.6) is 0 Å². The Morgan fingerprint density at radius 3 is 2.47 bits per heavy atom. The summed E-state index contributed by atoms with van der Waals surface area (Å²) in [6.07, 6.45) is 0.0549. The Labute approximate surface area is 248 Å². The molecule has 1 atom stereocenters. The summed E-state index contributed by atoms with van der Waals surface area (Å²) in [5.41, 5.74) is 0.620.